The van der Waals surface area contributed by atoms with Gasteiger partial charge in [0.05, 0.1) is 40.8 Å². The second-order valence-corrected chi connectivity index (χ2v) is 9.08. The Morgan fingerprint density at radius 2 is 1.91 bits per heavy atom. The van der Waals surface area contributed by atoms with Crippen LogP contribution in [-0.2, 0) is 4.74 Å². The standard InChI is InChI=1S/C26H26N6O2/c1-16-8-6-11-24(29-16)32-23-13-18(12-19(14-27)20(23)15-28-32)22-10-7-9-21(31-22)17(2)30-25(33)34-26(3,4)5/h6-13,15,17H,1-5H3,(H,30,33). The van der Waals surface area contributed by atoms with Gasteiger partial charge in [0.25, 0.3) is 0 Å². The lowest BCUT2D eigenvalue weighted by Gasteiger charge is -2.22. The van der Waals surface area contributed by atoms with Gasteiger partial charge in [-0.1, -0.05) is 12.1 Å². The third-order valence-electron chi connectivity index (χ3n) is 5.14. The van der Waals surface area contributed by atoms with E-state index in [9.17, 15) is 10.1 Å². The molecule has 34 heavy (non-hydrogen) atoms. The number of hydrogen-bond donors (Lipinski definition) is 1. The van der Waals surface area contributed by atoms with Gasteiger partial charge >= 0.3 is 6.09 Å². The average Bonchev–Trinajstić information content (AvgIpc) is 3.21. The Labute approximate surface area is 198 Å². The van der Waals surface area contributed by atoms with E-state index < -0.39 is 11.7 Å². The molecule has 0 bridgehead atoms. The summed E-state index contributed by atoms with van der Waals surface area (Å²) in [7, 11) is 0. The number of carbonyl (C=O) groups is 1. The fourth-order valence-corrected chi connectivity index (χ4v) is 3.61. The molecule has 0 fully saturated rings. The molecule has 0 saturated heterocycles. The molecule has 1 unspecified atom stereocenters. The number of nitrogens with one attached hydrogen (secondary N) is 1. The molecular formula is C26H26N6O2. The van der Waals surface area contributed by atoms with Gasteiger partial charge in [-0.15, -0.1) is 0 Å². The number of aromatic nitrogens is 4. The first-order chi connectivity index (χ1) is 16.1. The van der Waals surface area contributed by atoms with Crippen LogP contribution in [0.5, 0.6) is 0 Å². The molecule has 0 aliphatic carbocycles. The van der Waals surface area contributed by atoms with Crippen molar-refractivity contribution < 1.29 is 9.53 Å². The summed E-state index contributed by atoms with van der Waals surface area (Å²) in [6.45, 7) is 9.21. The largest absolute Gasteiger partial charge is 0.444 e. The number of carbonyl (C=O) groups excluding carboxylic acids is 1. The predicted molar refractivity (Wildman–Crippen MR) is 129 cm³/mol. The van der Waals surface area contributed by atoms with Crippen LogP contribution in [0, 0.1) is 18.3 Å². The van der Waals surface area contributed by atoms with E-state index in [-0.39, 0.29) is 6.04 Å². The zero-order valence-corrected chi connectivity index (χ0v) is 19.8. The molecule has 0 radical (unpaired) electrons. The number of ether oxygens (including phenoxy) is 1. The van der Waals surface area contributed by atoms with E-state index in [1.807, 2.05) is 77.1 Å². The number of benzene rings is 1. The molecular weight excluding hydrogens is 428 g/mol. The predicted octanol–water partition coefficient (Wildman–Crippen LogP) is 5.25. The third kappa shape index (κ3) is 4.89. The summed E-state index contributed by atoms with van der Waals surface area (Å²) in [4.78, 5) is 21.5. The van der Waals surface area contributed by atoms with Gasteiger partial charge in [-0.25, -0.2) is 14.5 Å². The van der Waals surface area contributed by atoms with Gasteiger partial charge in [0.15, 0.2) is 5.82 Å². The van der Waals surface area contributed by atoms with Crippen LogP contribution in [0.1, 0.15) is 50.7 Å². The molecule has 0 spiro atoms. The number of hydrogen-bond acceptors (Lipinski definition) is 6. The van der Waals surface area contributed by atoms with Crippen molar-refractivity contribution in [3.8, 4) is 23.1 Å². The van der Waals surface area contributed by atoms with E-state index in [0.29, 0.717) is 22.8 Å². The highest BCUT2D eigenvalue weighted by Crippen LogP contribution is 2.28. The second-order valence-electron chi connectivity index (χ2n) is 9.08. The Bertz CT molecular complexity index is 1410. The van der Waals surface area contributed by atoms with Crippen molar-refractivity contribution in [2.45, 2.75) is 46.3 Å². The summed E-state index contributed by atoms with van der Waals surface area (Å²) in [6, 6.07) is 17.0. The van der Waals surface area contributed by atoms with E-state index in [1.54, 1.807) is 16.9 Å². The number of pyridine rings is 2. The Balaban J connectivity index is 1.72. The smallest absolute Gasteiger partial charge is 0.408 e. The first-order valence-corrected chi connectivity index (χ1v) is 11.0. The maximum atomic E-state index is 12.2. The molecule has 0 aliphatic rings. The molecule has 1 aromatic carbocycles. The van der Waals surface area contributed by atoms with E-state index in [0.717, 1.165) is 22.2 Å². The van der Waals surface area contributed by atoms with Gasteiger partial charge in [-0.3, -0.25) is 4.98 Å². The zero-order valence-electron chi connectivity index (χ0n) is 19.8. The van der Waals surface area contributed by atoms with Crippen LogP contribution >= 0.6 is 0 Å². The number of aryl methyl sites for hydroxylation is 1. The first kappa shape index (κ1) is 22.9. The van der Waals surface area contributed by atoms with Crippen molar-refractivity contribution in [1.29, 1.82) is 5.26 Å². The minimum absolute atomic E-state index is 0.365. The van der Waals surface area contributed by atoms with Crippen molar-refractivity contribution in [3.63, 3.8) is 0 Å². The first-order valence-electron chi connectivity index (χ1n) is 11.0. The fraction of sp³-hybridized carbons (Fsp3) is 0.269. The van der Waals surface area contributed by atoms with Crippen LogP contribution in [0.4, 0.5) is 4.79 Å². The van der Waals surface area contributed by atoms with Gasteiger partial charge in [0.1, 0.15) is 5.60 Å². The van der Waals surface area contributed by atoms with Crippen LogP contribution in [0.25, 0.3) is 28.0 Å². The van der Waals surface area contributed by atoms with E-state index in [1.165, 1.54) is 0 Å². The number of alkyl carbamates (subject to hydrolysis) is 1. The lowest BCUT2D eigenvalue weighted by Crippen LogP contribution is -2.34. The SMILES string of the molecule is Cc1cccc(-n2ncc3c(C#N)cc(-c4cccc(C(C)NC(=O)OC(C)(C)C)n4)cc32)n1. The Morgan fingerprint density at radius 3 is 2.62 bits per heavy atom. The van der Waals surface area contributed by atoms with E-state index >= 15 is 0 Å². The highest BCUT2D eigenvalue weighted by atomic mass is 16.6. The van der Waals surface area contributed by atoms with Crippen molar-refractivity contribution in [3.05, 3.63) is 71.7 Å². The van der Waals surface area contributed by atoms with Crippen molar-refractivity contribution in [2.75, 3.05) is 0 Å². The van der Waals surface area contributed by atoms with E-state index in [4.69, 9.17) is 9.72 Å². The minimum atomic E-state index is -0.586. The topological polar surface area (TPSA) is 106 Å². The highest BCUT2D eigenvalue weighted by Gasteiger charge is 2.19. The van der Waals surface area contributed by atoms with Crippen LogP contribution in [0.2, 0.25) is 0 Å². The molecule has 3 aromatic heterocycles. The number of nitrogens with zero attached hydrogens (tertiary/aromatic N) is 5. The monoisotopic (exact) mass is 454 g/mol. The van der Waals surface area contributed by atoms with Crippen LogP contribution in [0.3, 0.4) is 0 Å². The van der Waals surface area contributed by atoms with Crippen molar-refractivity contribution in [2.24, 2.45) is 0 Å². The maximum Gasteiger partial charge on any atom is 0.408 e. The Kier molecular flexibility index (Phi) is 6.03. The van der Waals surface area contributed by atoms with Crippen LogP contribution in [0.15, 0.2) is 54.7 Å². The molecule has 0 aliphatic heterocycles. The van der Waals surface area contributed by atoms with Crippen LogP contribution in [-0.4, -0.2) is 31.4 Å². The molecule has 1 atom stereocenters. The maximum absolute atomic E-state index is 12.2. The van der Waals surface area contributed by atoms with Gasteiger partial charge in [0.2, 0.25) is 0 Å². The fourth-order valence-electron chi connectivity index (χ4n) is 3.61. The number of fused-ring (bicyclic) bond motifs is 1. The summed E-state index contributed by atoms with van der Waals surface area (Å²) < 4.78 is 7.07. The average molecular weight is 455 g/mol. The van der Waals surface area contributed by atoms with Gasteiger partial charge in [-0.2, -0.15) is 10.4 Å². The lowest BCUT2D eigenvalue weighted by molar-refractivity contribution is 0.0507. The number of nitriles is 1. The normalized spacial score (nSPS) is 12.2. The number of amides is 1. The summed E-state index contributed by atoms with van der Waals surface area (Å²) >= 11 is 0. The highest BCUT2D eigenvalue weighted by molar-refractivity contribution is 5.90. The molecule has 172 valence electrons. The van der Waals surface area contributed by atoms with Crippen molar-refractivity contribution >= 4 is 17.0 Å². The second kappa shape index (κ2) is 8.94. The molecule has 3 heterocycles. The Morgan fingerprint density at radius 1 is 1.15 bits per heavy atom. The Hall–Kier alpha value is -4.25. The summed E-state index contributed by atoms with van der Waals surface area (Å²) in [6.07, 6.45) is 1.17. The lowest BCUT2D eigenvalue weighted by atomic mass is 10.0. The number of rotatable bonds is 4. The van der Waals surface area contributed by atoms with Crippen LogP contribution < -0.4 is 5.32 Å². The van der Waals surface area contributed by atoms with Gasteiger partial charge in [0, 0.05) is 16.6 Å². The molecule has 0 saturated carbocycles. The van der Waals surface area contributed by atoms with Gasteiger partial charge in [-0.05, 0) is 71.0 Å². The summed E-state index contributed by atoms with van der Waals surface area (Å²) in [5.74, 6) is 0.674. The minimum Gasteiger partial charge on any atom is -0.444 e. The molecule has 8 nitrogen and oxygen atoms in total. The van der Waals surface area contributed by atoms with Gasteiger partial charge < -0.3 is 10.1 Å². The van der Waals surface area contributed by atoms with E-state index in [2.05, 4.69) is 21.5 Å². The van der Waals surface area contributed by atoms with Crippen molar-refractivity contribution in [1.82, 2.24) is 25.1 Å². The zero-order chi connectivity index (χ0) is 24.5. The third-order valence-corrected chi connectivity index (χ3v) is 5.14. The quantitative estimate of drug-likeness (QED) is 0.451. The molecule has 1 N–H and O–H groups in total. The molecule has 4 rings (SSSR count). The summed E-state index contributed by atoms with van der Waals surface area (Å²) in [5.41, 5.74) is 3.67. The molecule has 4 aromatic rings. The molecule has 8 heteroatoms. The summed E-state index contributed by atoms with van der Waals surface area (Å²) in [5, 5.41) is 17.8. The molecule has 1 amide bonds.